The third kappa shape index (κ3) is 3.19. The Labute approximate surface area is 109 Å². The van der Waals surface area contributed by atoms with Gasteiger partial charge in [-0.1, -0.05) is 0 Å². The smallest absolute Gasteiger partial charge is 0.292 e. The molecule has 102 valence electrons. The Morgan fingerprint density at radius 3 is 3.00 bits per heavy atom. The molecule has 1 atom stereocenters. The highest BCUT2D eigenvalue weighted by molar-refractivity contribution is 5.95. The van der Waals surface area contributed by atoms with Gasteiger partial charge in [0.05, 0.1) is 11.0 Å². The zero-order valence-corrected chi connectivity index (χ0v) is 10.3. The van der Waals surface area contributed by atoms with E-state index in [4.69, 9.17) is 10.5 Å². The highest BCUT2D eigenvalue weighted by Gasteiger charge is 2.18. The van der Waals surface area contributed by atoms with Crippen molar-refractivity contribution in [2.75, 3.05) is 18.9 Å². The molecule has 1 unspecified atom stereocenters. The Kier molecular flexibility index (Phi) is 3.96. The van der Waals surface area contributed by atoms with Crippen LogP contribution in [0.2, 0.25) is 0 Å². The first-order valence-corrected chi connectivity index (χ1v) is 6.01. The lowest BCUT2D eigenvalue weighted by Crippen LogP contribution is -2.31. The summed E-state index contributed by atoms with van der Waals surface area (Å²) >= 11 is 0. The molecule has 7 nitrogen and oxygen atoms in total. The van der Waals surface area contributed by atoms with Crippen molar-refractivity contribution < 1.29 is 14.5 Å². The average molecular weight is 265 g/mol. The lowest BCUT2D eigenvalue weighted by Gasteiger charge is -2.10. The molecule has 0 spiro atoms. The van der Waals surface area contributed by atoms with Crippen LogP contribution < -0.4 is 11.1 Å². The summed E-state index contributed by atoms with van der Waals surface area (Å²) in [5, 5.41) is 13.4. The van der Waals surface area contributed by atoms with Crippen molar-refractivity contribution in [2.45, 2.75) is 18.9 Å². The number of ether oxygens (including phenoxy) is 1. The second-order valence-electron chi connectivity index (χ2n) is 4.38. The van der Waals surface area contributed by atoms with E-state index < -0.39 is 4.92 Å². The number of nitrogens with one attached hydrogen (secondary N) is 1. The minimum Gasteiger partial charge on any atom is -0.393 e. The molecule has 3 N–H and O–H groups in total. The van der Waals surface area contributed by atoms with Gasteiger partial charge in [0.1, 0.15) is 5.69 Å². The van der Waals surface area contributed by atoms with E-state index in [1.807, 2.05) is 0 Å². The van der Waals surface area contributed by atoms with Gasteiger partial charge in [0, 0.05) is 24.8 Å². The predicted molar refractivity (Wildman–Crippen MR) is 68.8 cm³/mol. The number of hydrogen-bond acceptors (Lipinski definition) is 5. The topological polar surface area (TPSA) is 107 Å². The van der Waals surface area contributed by atoms with Crippen LogP contribution in [0.4, 0.5) is 11.4 Å². The van der Waals surface area contributed by atoms with E-state index in [1.54, 1.807) is 0 Å². The summed E-state index contributed by atoms with van der Waals surface area (Å²) in [6.07, 6.45) is 1.95. The van der Waals surface area contributed by atoms with Crippen LogP contribution in [0.25, 0.3) is 0 Å². The number of amides is 1. The van der Waals surface area contributed by atoms with Gasteiger partial charge in [0.2, 0.25) is 0 Å². The molecule has 0 aliphatic carbocycles. The Morgan fingerprint density at radius 1 is 1.58 bits per heavy atom. The number of hydrogen-bond donors (Lipinski definition) is 2. The molecule has 1 aliphatic heterocycles. The normalized spacial score (nSPS) is 18.2. The maximum Gasteiger partial charge on any atom is 0.292 e. The van der Waals surface area contributed by atoms with Crippen LogP contribution in [0.5, 0.6) is 0 Å². The van der Waals surface area contributed by atoms with E-state index in [9.17, 15) is 14.9 Å². The fraction of sp³-hybridized carbons (Fsp3) is 0.417. The SMILES string of the molecule is Nc1ccc(C(=O)NCC2CCCO2)cc1[N+](=O)[O-]. The summed E-state index contributed by atoms with van der Waals surface area (Å²) in [4.78, 5) is 22.0. The minimum atomic E-state index is -0.605. The Hall–Kier alpha value is -2.15. The van der Waals surface area contributed by atoms with Crippen molar-refractivity contribution in [2.24, 2.45) is 0 Å². The first-order chi connectivity index (χ1) is 9.08. The third-order valence-corrected chi connectivity index (χ3v) is 3.00. The molecule has 1 saturated heterocycles. The van der Waals surface area contributed by atoms with E-state index in [0.29, 0.717) is 13.2 Å². The van der Waals surface area contributed by atoms with Gasteiger partial charge >= 0.3 is 0 Å². The summed E-state index contributed by atoms with van der Waals surface area (Å²) in [6, 6.07) is 4.01. The van der Waals surface area contributed by atoms with Crippen LogP contribution in [0.1, 0.15) is 23.2 Å². The van der Waals surface area contributed by atoms with E-state index in [0.717, 1.165) is 12.8 Å². The fourth-order valence-electron chi connectivity index (χ4n) is 1.96. The number of nitro benzene ring substituents is 1. The molecule has 0 bridgehead atoms. The highest BCUT2D eigenvalue weighted by atomic mass is 16.6. The maximum atomic E-state index is 11.9. The van der Waals surface area contributed by atoms with Gasteiger partial charge < -0.3 is 15.8 Å². The van der Waals surface area contributed by atoms with Gasteiger partial charge in [-0.15, -0.1) is 0 Å². The summed E-state index contributed by atoms with van der Waals surface area (Å²) < 4.78 is 5.38. The summed E-state index contributed by atoms with van der Waals surface area (Å²) in [5.41, 5.74) is 5.47. The average Bonchev–Trinajstić information content (AvgIpc) is 2.89. The number of carbonyl (C=O) groups is 1. The van der Waals surface area contributed by atoms with Gasteiger partial charge in [-0.2, -0.15) is 0 Å². The quantitative estimate of drug-likeness (QED) is 0.481. The Balaban J connectivity index is 2.02. The highest BCUT2D eigenvalue weighted by Crippen LogP contribution is 2.22. The number of nitrogen functional groups attached to an aromatic ring is 1. The van der Waals surface area contributed by atoms with E-state index in [2.05, 4.69) is 5.32 Å². The van der Waals surface area contributed by atoms with E-state index in [-0.39, 0.29) is 28.9 Å². The molecule has 19 heavy (non-hydrogen) atoms. The largest absolute Gasteiger partial charge is 0.393 e. The van der Waals surface area contributed by atoms with Crippen LogP contribution in [0.15, 0.2) is 18.2 Å². The molecular formula is C12H15N3O4. The molecule has 1 aromatic rings. The molecule has 1 heterocycles. The molecule has 1 aromatic carbocycles. The summed E-state index contributed by atoms with van der Waals surface area (Å²) in [6.45, 7) is 1.13. The molecule has 0 aromatic heterocycles. The van der Waals surface area contributed by atoms with E-state index in [1.165, 1.54) is 18.2 Å². The monoisotopic (exact) mass is 265 g/mol. The van der Waals surface area contributed by atoms with Crippen molar-refractivity contribution in [3.63, 3.8) is 0 Å². The lowest BCUT2D eigenvalue weighted by molar-refractivity contribution is -0.383. The van der Waals surface area contributed by atoms with Crippen molar-refractivity contribution in [1.29, 1.82) is 0 Å². The molecule has 0 saturated carbocycles. The zero-order valence-electron chi connectivity index (χ0n) is 10.3. The maximum absolute atomic E-state index is 11.9. The second-order valence-corrected chi connectivity index (χ2v) is 4.38. The van der Waals surface area contributed by atoms with Crippen molar-refractivity contribution in [3.8, 4) is 0 Å². The molecule has 1 fully saturated rings. The fourth-order valence-corrected chi connectivity index (χ4v) is 1.96. The van der Waals surface area contributed by atoms with Gasteiger partial charge in [0.15, 0.2) is 0 Å². The molecule has 1 amide bonds. The molecular weight excluding hydrogens is 250 g/mol. The number of carbonyl (C=O) groups excluding carboxylic acids is 1. The van der Waals surface area contributed by atoms with Crippen molar-refractivity contribution >= 4 is 17.3 Å². The van der Waals surface area contributed by atoms with E-state index >= 15 is 0 Å². The summed E-state index contributed by atoms with van der Waals surface area (Å²) in [5.74, 6) is -0.362. The third-order valence-electron chi connectivity index (χ3n) is 3.00. The Bertz CT molecular complexity index is 498. The number of nitrogens with zero attached hydrogens (tertiary/aromatic N) is 1. The van der Waals surface area contributed by atoms with Gasteiger partial charge in [-0.25, -0.2) is 0 Å². The van der Waals surface area contributed by atoms with Crippen molar-refractivity contribution in [1.82, 2.24) is 5.32 Å². The number of benzene rings is 1. The second kappa shape index (κ2) is 5.66. The molecule has 2 rings (SSSR count). The van der Waals surface area contributed by atoms with Crippen LogP contribution >= 0.6 is 0 Å². The van der Waals surface area contributed by atoms with Gasteiger partial charge in [0.25, 0.3) is 11.6 Å². The standard InChI is InChI=1S/C12H15N3O4/c13-10-4-3-8(6-11(10)15(17)18)12(16)14-7-9-2-1-5-19-9/h3-4,6,9H,1-2,5,7,13H2,(H,14,16). The number of anilines is 1. The first kappa shape index (κ1) is 13.3. The summed E-state index contributed by atoms with van der Waals surface area (Å²) in [7, 11) is 0. The van der Waals surface area contributed by atoms with Crippen molar-refractivity contribution in [3.05, 3.63) is 33.9 Å². The zero-order chi connectivity index (χ0) is 13.8. The predicted octanol–water partition coefficient (Wildman–Crippen LogP) is 1.09. The van der Waals surface area contributed by atoms with Crippen LogP contribution in [-0.4, -0.2) is 30.1 Å². The molecule has 0 radical (unpaired) electrons. The number of rotatable bonds is 4. The minimum absolute atomic E-state index is 0.0349. The van der Waals surface area contributed by atoms with Crippen LogP contribution in [0.3, 0.4) is 0 Å². The molecule has 7 heteroatoms. The van der Waals surface area contributed by atoms with Crippen LogP contribution in [0, 0.1) is 10.1 Å². The van der Waals surface area contributed by atoms with Gasteiger partial charge in [-0.05, 0) is 25.0 Å². The lowest BCUT2D eigenvalue weighted by atomic mass is 10.1. The molecule has 1 aliphatic rings. The number of nitro groups is 1. The van der Waals surface area contributed by atoms with Crippen LogP contribution in [-0.2, 0) is 4.74 Å². The number of nitrogens with two attached hydrogens (primary N) is 1. The Morgan fingerprint density at radius 2 is 2.37 bits per heavy atom. The first-order valence-electron chi connectivity index (χ1n) is 6.01. The van der Waals surface area contributed by atoms with Gasteiger partial charge in [-0.3, -0.25) is 14.9 Å².